The third kappa shape index (κ3) is 3.91. The number of nitrogens with zero attached hydrogens (tertiary/aromatic N) is 3. The van der Waals surface area contributed by atoms with Crippen molar-refractivity contribution in [1.29, 1.82) is 0 Å². The van der Waals surface area contributed by atoms with Crippen LogP contribution in [-0.2, 0) is 15.5 Å². The number of rotatable bonds is 5. The summed E-state index contributed by atoms with van der Waals surface area (Å²) in [6.07, 6.45) is 1.52. The van der Waals surface area contributed by atoms with E-state index in [0.29, 0.717) is 56.4 Å². The fourth-order valence-corrected chi connectivity index (χ4v) is 5.69. The fourth-order valence-electron chi connectivity index (χ4n) is 3.93. The van der Waals surface area contributed by atoms with Crippen LogP contribution in [0, 0.1) is 10.1 Å². The predicted molar refractivity (Wildman–Crippen MR) is 108 cm³/mol. The number of hydrogen-bond donors (Lipinski definition) is 0. The highest BCUT2D eigenvalue weighted by Crippen LogP contribution is 2.36. The molecule has 2 saturated heterocycles. The quantitative estimate of drug-likeness (QED) is 0.547. The number of carbonyl (C=O) groups excluding carboxylic acids is 1. The van der Waals surface area contributed by atoms with Crippen LogP contribution in [0.15, 0.2) is 18.2 Å². The maximum Gasteiger partial charge on any atom is 0.293 e. The van der Waals surface area contributed by atoms with E-state index in [2.05, 4.69) is 0 Å². The molecule has 9 heteroatoms. The van der Waals surface area contributed by atoms with Crippen molar-refractivity contribution in [2.24, 2.45) is 0 Å². The molecule has 1 aromatic rings. The first-order chi connectivity index (χ1) is 13.4. The predicted octanol–water partition coefficient (Wildman–Crippen LogP) is 2.19. The average molecular weight is 410 g/mol. The Morgan fingerprint density at radius 3 is 2.54 bits per heavy atom. The second kappa shape index (κ2) is 8.57. The Morgan fingerprint density at radius 2 is 1.93 bits per heavy atom. The monoisotopic (exact) mass is 409 g/mol. The molecule has 0 aliphatic carbocycles. The molecule has 1 aromatic carbocycles. The molecule has 0 aromatic heterocycles. The molecule has 2 aliphatic heterocycles. The molecule has 2 heterocycles. The molecule has 1 unspecified atom stereocenters. The van der Waals surface area contributed by atoms with Crippen LogP contribution in [0.3, 0.4) is 0 Å². The van der Waals surface area contributed by atoms with E-state index in [1.165, 1.54) is 6.07 Å². The van der Waals surface area contributed by atoms with Crippen molar-refractivity contribution in [2.75, 3.05) is 50.0 Å². The van der Waals surface area contributed by atoms with Gasteiger partial charge in [-0.1, -0.05) is 13.8 Å². The first-order valence-electron chi connectivity index (χ1n) is 9.70. The molecule has 8 nitrogen and oxygen atoms in total. The second-order valence-corrected chi connectivity index (χ2v) is 9.19. The molecule has 0 bridgehead atoms. The van der Waals surface area contributed by atoms with Crippen LogP contribution in [0.2, 0.25) is 0 Å². The summed E-state index contributed by atoms with van der Waals surface area (Å²) in [6, 6.07) is 4.69. The lowest BCUT2D eigenvalue weighted by Gasteiger charge is -2.42. The molecule has 2 aliphatic rings. The van der Waals surface area contributed by atoms with Crippen molar-refractivity contribution in [3.05, 3.63) is 33.9 Å². The lowest BCUT2D eigenvalue weighted by molar-refractivity contribution is -0.384. The Balaban J connectivity index is 1.90. The van der Waals surface area contributed by atoms with Gasteiger partial charge < -0.3 is 14.5 Å². The third-order valence-electron chi connectivity index (χ3n) is 5.86. The zero-order chi connectivity index (χ0) is 20.3. The van der Waals surface area contributed by atoms with Crippen LogP contribution in [0.1, 0.15) is 37.0 Å². The summed E-state index contributed by atoms with van der Waals surface area (Å²) in [6.45, 7) is 6.99. The van der Waals surface area contributed by atoms with Gasteiger partial charge in [0.05, 0.1) is 22.9 Å². The highest BCUT2D eigenvalue weighted by atomic mass is 32.2. The van der Waals surface area contributed by atoms with Gasteiger partial charge in [-0.25, -0.2) is 0 Å². The fraction of sp³-hybridized carbons (Fsp3) is 0.632. The number of ether oxygens (including phenoxy) is 1. The lowest BCUT2D eigenvalue weighted by atomic mass is 10.00. The molecule has 0 N–H and O–H groups in total. The summed E-state index contributed by atoms with van der Waals surface area (Å²) < 4.78 is 17.5. The molecule has 28 heavy (non-hydrogen) atoms. The molecule has 2 fully saturated rings. The maximum absolute atomic E-state index is 12.7. The number of amides is 1. The summed E-state index contributed by atoms with van der Waals surface area (Å²) in [5.41, 5.74) is 0.731. The van der Waals surface area contributed by atoms with Crippen LogP contribution in [0.25, 0.3) is 0 Å². The Kier molecular flexibility index (Phi) is 6.34. The van der Waals surface area contributed by atoms with Gasteiger partial charge in [0.25, 0.3) is 11.6 Å². The number of benzene rings is 1. The summed E-state index contributed by atoms with van der Waals surface area (Å²) in [4.78, 5) is 27.6. The number of nitro benzene ring substituents is 1. The molecular formula is C19H27N3O5S. The van der Waals surface area contributed by atoms with E-state index in [9.17, 15) is 19.1 Å². The number of nitro groups is 1. The highest BCUT2D eigenvalue weighted by molar-refractivity contribution is 7.86. The third-order valence-corrected chi connectivity index (χ3v) is 8.08. The Bertz CT molecular complexity index is 775. The van der Waals surface area contributed by atoms with Gasteiger partial charge in [-0.15, -0.1) is 0 Å². The zero-order valence-electron chi connectivity index (χ0n) is 16.4. The van der Waals surface area contributed by atoms with Gasteiger partial charge in [0.1, 0.15) is 5.69 Å². The number of morpholine rings is 1. The van der Waals surface area contributed by atoms with Gasteiger partial charge in [-0.2, -0.15) is 0 Å². The minimum absolute atomic E-state index is 0.0760. The standard InChI is InChI=1S/C19H27N3O5S/c1-3-19(4-2)14-21(9-12-28(19)26)16-6-5-15(13-17(16)22(24)25)18(23)20-7-10-27-11-8-20/h5-6,13H,3-4,7-12,14H2,1-2H3. The van der Waals surface area contributed by atoms with Crippen molar-refractivity contribution >= 4 is 28.1 Å². The molecule has 1 atom stereocenters. The minimum atomic E-state index is -0.948. The van der Waals surface area contributed by atoms with Crippen LogP contribution >= 0.6 is 0 Å². The van der Waals surface area contributed by atoms with E-state index in [-0.39, 0.29) is 16.3 Å². The van der Waals surface area contributed by atoms with E-state index in [1.807, 2.05) is 18.7 Å². The van der Waals surface area contributed by atoms with Crippen LogP contribution in [0.4, 0.5) is 11.4 Å². The van der Waals surface area contributed by atoms with Gasteiger partial charge >= 0.3 is 0 Å². The lowest BCUT2D eigenvalue weighted by Crippen LogP contribution is -2.53. The van der Waals surface area contributed by atoms with Crippen LogP contribution < -0.4 is 4.90 Å². The van der Waals surface area contributed by atoms with Crippen molar-refractivity contribution in [1.82, 2.24) is 4.90 Å². The average Bonchev–Trinajstić information content (AvgIpc) is 2.74. The number of hydrogen-bond acceptors (Lipinski definition) is 6. The van der Waals surface area contributed by atoms with Gasteiger partial charge in [0.15, 0.2) is 0 Å². The highest BCUT2D eigenvalue weighted by Gasteiger charge is 2.40. The van der Waals surface area contributed by atoms with E-state index < -0.39 is 15.7 Å². The summed E-state index contributed by atoms with van der Waals surface area (Å²) in [5, 5.41) is 11.8. The first-order valence-corrected chi connectivity index (χ1v) is 11.0. The normalized spacial score (nSPS) is 22.1. The molecule has 3 rings (SSSR count). The van der Waals surface area contributed by atoms with Gasteiger partial charge in [-0.05, 0) is 25.0 Å². The van der Waals surface area contributed by atoms with E-state index in [1.54, 1.807) is 17.0 Å². The Labute approximate surface area is 167 Å². The largest absolute Gasteiger partial charge is 0.378 e. The Hall–Kier alpha value is -2.00. The summed E-state index contributed by atoms with van der Waals surface area (Å²) in [7, 11) is -0.948. The topological polar surface area (TPSA) is 93.0 Å². The number of anilines is 1. The number of carbonyl (C=O) groups is 1. The van der Waals surface area contributed by atoms with Gasteiger partial charge in [0, 0.05) is 54.4 Å². The smallest absolute Gasteiger partial charge is 0.293 e. The first kappa shape index (κ1) is 20.7. The van der Waals surface area contributed by atoms with Crippen LogP contribution in [-0.4, -0.2) is 69.8 Å². The zero-order valence-corrected chi connectivity index (χ0v) is 17.2. The van der Waals surface area contributed by atoms with E-state index in [0.717, 1.165) is 12.8 Å². The second-order valence-electron chi connectivity index (χ2n) is 7.23. The molecule has 1 amide bonds. The van der Waals surface area contributed by atoms with Crippen molar-refractivity contribution < 1.29 is 18.7 Å². The Morgan fingerprint density at radius 1 is 1.25 bits per heavy atom. The minimum Gasteiger partial charge on any atom is -0.378 e. The van der Waals surface area contributed by atoms with Gasteiger partial charge in [-0.3, -0.25) is 19.1 Å². The van der Waals surface area contributed by atoms with Crippen LogP contribution in [0.5, 0.6) is 0 Å². The molecule has 154 valence electrons. The van der Waals surface area contributed by atoms with E-state index in [4.69, 9.17) is 4.74 Å². The van der Waals surface area contributed by atoms with Gasteiger partial charge in [0.2, 0.25) is 0 Å². The maximum atomic E-state index is 12.7. The molecular weight excluding hydrogens is 382 g/mol. The van der Waals surface area contributed by atoms with Crippen molar-refractivity contribution in [3.63, 3.8) is 0 Å². The summed E-state index contributed by atoms with van der Waals surface area (Å²) >= 11 is 0. The molecule has 0 saturated carbocycles. The van der Waals surface area contributed by atoms with Crippen molar-refractivity contribution in [3.8, 4) is 0 Å². The van der Waals surface area contributed by atoms with E-state index >= 15 is 0 Å². The summed E-state index contributed by atoms with van der Waals surface area (Å²) in [5.74, 6) is 0.280. The molecule has 0 spiro atoms. The SMILES string of the molecule is CCC1(CC)CN(c2ccc(C(=O)N3CCOCC3)cc2[N+](=O)[O-])CCS1=O. The van der Waals surface area contributed by atoms with Crippen molar-refractivity contribution in [2.45, 2.75) is 31.4 Å². The molecule has 0 radical (unpaired) electrons.